The lowest BCUT2D eigenvalue weighted by molar-refractivity contribution is -0.123. The minimum atomic E-state index is -0.772. The van der Waals surface area contributed by atoms with Crippen molar-refractivity contribution in [3.05, 3.63) is 53.2 Å². The van der Waals surface area contributed by atoms with Crippen LogP contribution in [-0.4, -0.2) is 42.9 Å². The quantitative estimate of drug-likeness (QED) is 0.525. The number of aryl methyl sites for hydroxylation is 2. The Morgan fingerprint density at radius 3 is 2.50 bits per heavy atom. The first-order valence-corrected chi connectivity index (χ1v) is 10.9. The van der Waals surface area contributed by atoms with Crippen LogP contribution < -0.4 is 20.1 Å². The molecule has 2 amide bonds. The maximum absolute atomic E-state index is 12.8. The molecule has 0 bridgehead atoms. The van der Waals surface area contributed by atoms with Crippen LogP contribution in [0.4, 0.5) is 11.5 Å². The van der Waals surface area contributed by atoms with E-state index in [9.17, 15) is 9.59 Å². The lowest BCUT2D eigenvalue weighted by Gasteiger charge is -2.11. The van der Waals surface area contributed by atoms with Crippen LogP contribution in [0.5, 0.6) is 11.5 Å². The summed E-state index contributed by atoms with van der Waals surface area (Å²) in [6.45, 7) is 4.23. The molecule has 34 heavy (non-hydrogen) atoms. The molecule has 9 heteroatoms. The minimum Gasteiger partial charge on any atom is -0.493 e. The van der Waals surface area contributed by atoms with Gasteiger partial charge in [0.1, 0.15) is 11.9 Å². The van der Waals surface area contributed by atoms with Crippen molar-refractivity contribution >= 4 is 23.3 Å². The van der Waals surface area contributed by atoms with E-state index >= 15 is 0 Å². The lowest BCUT2D eigenvalue weighted by Crippen LogP contribution is -2.24. The molecular weight excluding hydrogens is 436 g/mol. The number of hydrogen-bond acceptors (Lipinski definition) is 6. The number of carbonyl (C=O) groups is 2. The topological polar surface area (TPSA) is 104 Å². The van der Waals surface area contributed by atoms with Gasteiger partial charge in [-0.25, -0.2) is 4.68 Å². The number of ether oxygens (including phenoxy) is 3. The molecule has 178 valence electrons. The van der Waals surface area contributed by atoms with Gasteiger partial charge in [0.2, 0.25) is 5.91 Å². The zero-order chi connectivity index (χ0) is 24.4. The number of amides is 2. The van der Waals surface area contributed by atoms with E-state index in [1.165, 1.54) is 0 Å². The van der Waals surface area contributed by atoms with Gasteiger partial charge in [0.25, 0.3) is 5.91 Å². The monoisotopic (exact) mass is 464 g/mol. The number of fused-ring (bicyclic) bond motifs is 1. The highest BCUT2D eigenvalue weighted by atomic mass is 16.5. The Kier molecular flexibility index (Phi) is 6.56. The van der Waals surface area contributed by atoms with E-state index in [-0.39, 0.29) is 24.8 Å². The van der Waals surface area contributed by atoms with E-state index in [2.05, 4.69) is 15.7 Å². The summed E-state index contributed by atoms with van der Waals surface area (Å²) in [7, 11) is 4.71. The smallest absolute Gasteiger partial charge is 0.251 e. The van der Waals surface area contributed by atoms with Gasteiger partial charge in [-0.3, -0.25) is 9.59 Å². The summed E-state index contributed by atoms with van der Waals surface area (Å²) in [6.07, 6.45) is -0.0504. The fourth-order valence-corrected chi connectivity index (χ4v) is 4.06. The Balaban J connectivity index is 1.65. The van der Waals surface area contributed by atoms with Crippen LogP contribution in [-0.2, 0) is 20.9 Å². The Morgan fingerprint density at radius 1 is 1.06 bits per heavy atom. The summed E-state index contributed by atoms with van der Waals surface area (Å²) in [4.78, 5) is 25.6. The molecule has 1 aliphatic rings. The molecule has 3 aromatic rings. The third-order valence-electron chi connectivity index (χ3n) is 5.95. The Labute approximate surface area is 198 Å². The molecule has 1 aliphatic heterocycles. The fourth-order valence-electron chi connectivity index (χ4n) is 4.06. The van der Waals surface area contributed by atoms with Crippen molar-refractivity contribution in [1.82, 2.24) is 9.78 Å². The van der Waals surface area contributed by atoms with Crippen LogP contribution in [0.1, 0.15) is 29.3 Å². The third-order valence-corrected chi connectivity index (χ3v) is 5.95. The van der Waals surface area contributed by atoms with Crippen molar-refractivity contribution in [2.75, 3.05) is 32.0 Å². The van der Waals surface area contributed by atoms with Gasteiger partial charge in [-0.2, -0.15) is 5.10 Å². The van der Waals surface area contributed by atoms with Crippen molar-refractivity contribution in [2.24, 2.45) is 0 Å². The van der Waals surface area contributed by atoms with Crippen LogP contribution in [0.3, 0.4) is 0 Å². The van der Waals surface area contributed by atoms with E-state index in [4.69, 9.17) is 14.2 Å². The number of methoxy groups -OCH3 is 3. The van der Waals surface area contributed by atoms with Gasteiger partial charge in [-0.05, 0) is 54.8 Å². The van der Waals surface area contributed by atoms with Crippen LogP contribution in [0.2, 0.25) is 0 Å². The second kappa shape index (κ2) is 9.56. The van der Waals surface area contributed by atoms with Gasteiger partial charge in [0, 0.05) is 12.8 Å². The molecule has 0 saturated carbocycles. The Bertz CT molecular complexity index is 1250. The highest BCUT2D eigenvalue weighted by Crippen LogP contribution is 2.41. The maximum Gasteiger partial charge on any atom is 0.251 e. The lowest BCUT2D eigenvalue weighted by atomic mass is 10.0. The van der Waals surface area contributed by atoms with Crippen molar-refractivity contribution in [2.45, 2.75) is 32.9 Å². The molecule has 0 radical (unpaired) electrons. The van der Waals surface area contributed by atoms with E-state index in [1.54, 1.807) is 32.1 Å². The van der Waals surface area contributed by atoms with E-state index in [0.29, 0.717) is 34.3 Å². The Hall–Kier alpha value is -3.85. The van der Waals surface area contributed by atoms with Gasteiger partial charge >= 0.3 is 0 Å². The van der Waals surface area contributed by atoms with E-state index < -0.39 is 6.04 Å². The minimum absolute atomic E-state index is 0.0504. The van der Waals surface area contributed by atoms with Crippen LogP contribution in [0.15, 0.2) is 36.4 Å². The molecular formula is C25H28N4O5. The van der Waals surface area contributed by atoms with Gasteiger partial charge in [-0.15, -0.1) is 0 Å². The molecule has 0 spiro atoms. The molecule has 2 heterocycles. The average molecular weight is 465 g/mol. The molecule has 9 nitrogen and oxygen atoms in total. The summed E-state index contributed by atoms with van der Waals surface area (Å²) >= 11 is 0. The number of rotatable bonds is 8. The number of nitrogens with zero attached hydrogens (tertiary/aromatic N) is 2. The SMILES string of the molecule is COCc1nn2c(c1-c1ccc(OC)c(OC)c1)NC(=O)C2CC(=O)Nc1ccc(C)c(C)c1. The molecule has 1 unspecified atom stereocenters. The fraction of sp³-hybridized carbons (Fsp3) is 0.320. The molecule has 0 saturated heterocycles. The first-order chi connectivity index (χ1) is 16.4. The maximum atomic E-state index is 12.8. The van der Waals surface area contributed by atoms with Crippen molar-refractivity contribution in [3.63, 3.8) is 0 Å². The first kappa shape index (κ1) is 23.3. The summed E-state index contributed by atoms with van der Waals surface area (Å²) in [5.41, 5.74) is 5.06. The molecule has 1 aromatic heterocycles. The summed E-state index contributed by atoms with van der Waals surface area (Å²) in [5, 5.41) is 10.4. The largest absolute Gasteiger partial charge is 0.493 e. The second-order valence-corrected chi connectivity index (χ2v) is 8.17. The van der Waals surface area contributed by atoms with Gasteiger partial charge in [0.15, 0.2) is 11.5 Å². The average Bonchev–Trinajstić information content (AvgIpc) is 3.30. The number of benzene rings is 2. The zero-order valence-electron chi connectivity index (χ0n) is 19.9. The van der Waals surface area contributed by atoms with Gasteiger partial charge in [0.05, 0.1) is 38.5 Å². The third kappa shape index (κ3) is 4.34. The molecule has 4 rings (SSSR count). The van der Waals surface area contributed by atoms with E-state index in [1.807, 2.05) is 44.2 Å². The standard InChI is InChI=1S/C25H28N4O5/c1-14-6-8-17(10-15(14)2)26-22(30)12-19-25(31)27-24-23(18(13-32-3)28-29(19)24)16-7-9-20(33-4)21(11-16)34-5/h6-11,19H,12-13H2,1-5H3,(H,26,30)(H,27,31). The number of carbonyl (C=O) groups excluding carboxylic acids is 2. The second-order valence-electron chi connectivity index (χ2n) is 8.17. The molecule has 2 N–H and O–H groups in total. The molecule has 2 aromatic carbocycles. The number of anilines is 2. The molecule has 0 fully saturated rings. The summed E-state index contributed by atoms with van der Waals surface area (Å²) < 4.78 is 17.7. The van der Waals surface area contributed by atoms with Crippen molar-refractivity contribution < 1.29 is 23.8 Å². The summed E-state index contributed by atoms with van der Waals surface area (Å²) in [5.74, 6) is 1.11. The number of aromatic nitrogens is 2. The highest BCUT2D eigenvalue weighted by Gasteiger charge is 2.37. The van der Waals surface area contributed by atoms with Crippen LogP contribution in [0.25, 0.3) is 11.1 Å². The van der Waals surface area contributed by atoms with Crippen molar-refractivity contribution in [3.8, 4) is 22.6 Å². The summed E-state index contributed by atoms with van der Waals surface area (Å²) in [6, 6.07) is 10.4. The van der Waals surface area contributed by atoms with E-state index in [0.717, 1.165) is 16.7 Å². The predicted molar refractivity (Wildman–Crippen MR) is 128 cm³/mol. The normalized spacial score (nSPS) is 14.5. The van der Waals surface area contributed by atoms with Crippen LogP contribution >= 0.6 is 0 Å². The molecule has 1 atom stereocenters. The van der Waals surface area contributed by atoms with Crippen molar-refractivity contribution in [1.29, 1.82) is 0 Å². The first-order valence-electron chi connectivity index (χ1n) is 10.9. The predicted octanol–water partition coefficient (Wildman–Crippen LogP) is 3.85. The van der Waals surface area contributed by atoms with Gasteiger partial charge in [-0.1, -0.05) is 12.1 Å². The van der Waals surface area contributed by atoms with Crippen LogP contribution in [0, 0.1) is 13.8 Å². The zero-order valence-corrected chi connectivity index (χ0v) is 19.9. The number of nitrogens with one attached hydrogen (secondary N) is 2. The highest BCUT2D eigenvalue weighted by molar-refractivity contribution is 6.04. The van der Waals surface area contributed by atoms with Gasteiger partial charge < -0.3 is 24.8 Å². The molecule has 0 aliphatic carbocycles. The Morgan fingerprint density at radius 2 is 1.82 bits per heavy atom. The number of hydrogen-bond donors (Lipinski definition) is 2.